The molecule has 0 saturated carbocycles. The summed E-state index contributed by atoms with van der Waals surface area (Å²) in [6.07, 6.45) is 4.41. The summed E-state index contributed by atoms with van der Waals surface area (Å²) in [6.45, 7) is 7.62. The van der Waals surface area contributed by atoms with Gasteiger partial charge in [0.2, 0.25) is 0 Å². The molecule has 6 nitrogen and oxygen atoms in total. The number of esters is 2. The van der Waals surface area contributed by atoms with Crippen LogP contribution in [0.4, 0.5) is 8.78 Å². The van der Waals surface area contributed by atoms with E-state index >= 15 is 0 Å². The minimum atomic E-state index is -0.522. The molecule has 0 unspecified atom stereocenters. The van der Waals surface area contributed by atoms with E-state index in [1.807, 2.05) is 0 Å². The summed E-state index contributed by atoms with van der Waals surface area (Å²) in [5, 5.41) is 0. The molecule has 0 aliphatic heterocycles. The minimum Gasteiger partial charge on any atom is -0.493 e. The topological polar surface area (TPSA) is 71.1 Å². The second-order valence-corrected chi connectivity index (χ2v) is 8.36. The Bertz CT molecular complexity index is 1290. The highest BCUT2D eigenvalue weighted by atomic mass is 19.1. The van der Waals surface area contributed by atoms with Crippen molar-refractivity contribution in [3.8, 4) is 33.8 Å². The fourth-order valence-electron chi connectivity index (χ4n) is 3.63. The lowest BCUT2D eigenvalue weighted by molar-refractivity contribution is -0.139. The van der Waals surface area contributed by atoms with Crippen LogP contribution in [0.2, 0.25) is 0 Å². The molecule has 0 aromatic heterocycles. The maximum absolute atomic E-state index is 15.0. The lowest BCUT2D eigenvalue weighted by atomic mass is 9.99. The average molecular weight is 537 g/mol. The molecular formula is C31H30F2O6. The second-order valence-electron chi connectivity index (χ2n) is 8.36. The first kappa shape index (κ1) is 29.1. The van der Waals surface area contributed by atoms with E-state index in [2.05, 4.69) is 13.2 Å². The van der Waals surface area contributed by atoms with Crippen LogP contribution in [0.15, 0.2) is 86.0 Å². The van der Waals surface area contributed by atoms with Gasteiger partial charge in [0.05, 0.1) is 13.2 Å². The first-order chi connectivity index (χ1) is 18.9. The summed E-state index contributed by atoms with van der Waals surface area (Å²) in [5.41, 5.74) is 1.67. The maximum Gasteiger partial charge on any atom is 0.330 e. The predicted molar refractivity (Wildman–Crippen MR) is 144 cm³/mol. The number of carbonyl (C=O) groups is 2. The molecule has 0 aliphatic carbocycles. The maximum atomic E-state index is 15.0. The highest BCUT2D eigenvalue weighted by molar-refractivity contribution is 5.81. The fourth-order valence-corrected chi connectivity index (χ4v) is 3.63. The van der Waals surface area contributed by atoms with Gasteiger partial charge in [-0.25, -0.2) is 18.4 Å². The normalized spacial score (nSPS) is 10.4. The molecule has 8 heteroatoms. The van der Waals surface area contributed by atoms with E-state index in [9.17, 15) is 18.4 Å². The quantitative estimate of drug-likeness (QED) is 0.123. The molecule has 0 aliphatic rings. The monoisotopic (exact) mass is 536 g/mol. The Morgan fingerprint density at radius 1 is 0.615 bits per heavy atom. The minimum absolute atomic E-state index is 0.0863. The summed E-state index contributed by atoms with van der Waals surface area (Å²) in [4.78, 5) is 22.0. The Labute approximate surface area is 226 Å². The zero-order chi connectivity index (χ0) is 28.0. The average Bonchev–Trinajstić information content (AvgIpc) is 2.95. The largest absolute Gasteiger partial charge is 0.493 e. The Morgan fingerprint density at radius 2 is 1.15 bits per heavy atom. The van der Waals surface area contributed by atoms with Crippen LogP contribution in [0.25, 0.3) is 22.3 Å². The smallest absolute Gasteiger partial charge is 0.330 e. The van der Waals surface area contributed by atoms with Gasteiger partial charge in [-0.1, -0.05) is 37.4 Å². The number of carbonyl (C=O) groups excluding carboxylic acids is 2. The van der Waals surface area contributed by atoms with Crippen molar-refractivity contribution in [3.63, 3.8) is 0 Å². The third-order valence-corrected chi connectivity index (χ3v) is 5.62. The standard InChI is InChI=1S/C31H30F2O6/c1-3-30(34)38-17-7-5-6-16-36-25-13-15-27(29(33)21-25)23-10-14-26(28(32)20-23)22-8-11-24(12-9-22)37-18-19-39-31(35)4-2/h3-4,8-15,20-21H,1-2,5-7,16-19H2. The number of halogens is 2. The Kier molecular flexibility index (Phi) is 11.2. The number of hydrogen-bond donors (Lipinski definition) is 0. The van der Waals surface area contributed by atoms with Crippen LogP contribution in [0.1, 0.15) is 19.3 Å². The van der Waals surface area contributed by atoms with Crippen molar-refractivity contribution in [2.24, 2.45) is 0 Å². The highest BCUT2D eigenvalue weighted by Gasteiger charge is 2.12. The molecule has 0 radical (unpaired) electrons. The number of hydrogen-bond acceptors (Lipinski definition) is 6. The van der Waals surface area contributed by atoms with Crippen LogP contribution in [0.5, 0.6) is 11.5 Å². The van der Waals surface area contributed by atoms with E-state index in [0.717, 1.165) is 25.0 Å². The summed E-state index contributed by atoms with van der Waals surface area (Å²) >= 11 is 0. The molecule has 3 rings (SSSR count). The van der Waals surface area contributed by atoms with Crippen molar-refractivity contribution in [1.29, 1.82) is 0 Å². The summed E-state index contributed by atoms with van der Waals surface area (Å²) in [5.74, 6) is -1.05. The van der Waals surface area contributed by atoms with Crippen LogP contribution < -0.4 is 9.47 Å². The second kappa shape index (κ2) is 15.1. The predicted octanol–water partition coefficient (Wildman–Crippen LogP) is 6.69. The Hall–Kier alpha value is -4.46. The van der Waals surface area contributed by atoms with Crippen LogP contribution in [-0.4, -0.2) is 38.4 Å². The van der Waals surface area contributed by atoms with Gasteiger partial charge in [-0.15, -0.1) is 0 Å². The van der Waals surface area contributed by atoms with E-state index in [1.165, 1.54) is 12.1 Å². The Morgan fingerprint density at radius 3 is 1.82 bits per heavy atom. The molecule has 0 N–H and O–H groups in total. The van der Waals surface area contributed by atoms with Gasteiger partial charge in [-0.3, -0.25) is 0 Å². The zero-order valence-electron chi connectivity index (χ0n) is 21.5. The third-order valence-electron chi connectivity index (χ3n) is 5.62. The summed E-state index contributed by atoms with van der Waals surface area (Å²) in [7, 11) is 0. The molecule has 3 aromatic carbocycles. The molecule has 0 fully saturated rings. The van der Waals surface area contributed by atoms with Crippen molar-refractivity contribution >= 4 is 11.9 Å². The van der Waals surface area contributed by atoms with Gasteiger partial charge in [-0.05, 0) is 60.7 Å². The Balaban J connectivity index is 1.53. The number of benzene rings is 3. The number of rotatable bonds is 15. The molecule has 3 aromatic rings. The number of ether oxygens (including phenoxy) is 4. The van der Waals surface area contributed by atoms with Gasteiger partial charge in [0, 0.05) is 29.3 Å². The fraction of sp³-hybridized carbons (Fsp3) is 0.226. The van der Waals surface area contributed by atoms with Gasteiger partial charge < -0.3 is 18.9 Å². The van der Waals surface area contributed by atoms with Crippen molar-refractivity contribution in [2.75, 3.05) is 26.4 Å². The van der Waals surface area contributed by atoms with Crippen LogP contribution in [-0.2, 0) is 19.1 Å². The van der Waals surface area contributed by atoms with Gasteiger partial charge in [0.25, 0.3) is 0 Å². The van der Waals surface area contributed by atoms with E-state index in [4.69, 9.17) is 18.9 Å². The lowest BCUT2D eigenvalue weighted by Gasteiger charge is -2.11. The summed E-state index contributed by atoms with van der Waals surface area (Å²) < 4.78 is 50.7. The zero-order valence-corrected chi connectivity index (χ0v) is 21.5. The third kappa shape index (κ3) is 9.10. The first-order valence-corrected chi connectivity index (χ1v) is 12.4. The molecule has 0 amide bonds. The molecule has 39 heavy (non-hydrogen) atoms. The van der Waals surface area contributed by atoms with Gasteiger partial charge in [0.15, 0.2) is 0 Å². The number of unbranched alkanes of at least 4 members (excludes halogenated alkanes) is 2. The van der Waals surface area contributed by atoms with Gasteiger partial charge in [-0.2, -0.15) is 0 Å². The molecule has 0 atom stereocenters. The molecule has 204 valence electrons. The van der Waals surface area contributed by atoms with Gasteiger partial charge in [0.1, 0.15) is 36.3 Å². The molecular weight excluding hydrogens is 506 g/mol. The highest BCUT2D eigenvalue weighted by Crippen LogP contribution is 2.31. The molecule has 0 heterocycles. The van der Waals surface area contributed by atoms with E-state index < -0.39 is 23.6 Å². The lowest BCUT2D eigenvalue weighted by Crippen LogP contribution is -2.10. The van der Waals surface area contributed by atoms with Crippen molar-refractivity contribution in [3.05, 3.63) is 97.6 Å². The van der Waals surface area contributed by atoms with Crippen molar-refractivity contribution in [1.82, 2.24) is 0 Å². The molecule has 0 saturated heterocycles. The SMILES string of the molecule is C=CC(=O)OCCCCCOc1ccc(-c2ccc(-c3ccc(OCCOC(=O)C=C)cc3)c(F)c2)c(F)c1. The first-order valence-electron chi connectivity index (χ1n) is 12.4. The molecule has 0 spiro atoms. The summed E-state index contributed by atoms with van der Waals surface area (Å²) in [6, 6.07) is 15.9. The van der Waals surface area contributed by atoms with E-state index in [1.54, 1.807) is 48.5 Å². The van der Waals surface area contributed by atoms with Crippen LogP contribution >= 0.6 is 0 Å². The van der Waals surface area contributed by atoms with Crippen molar-refractivity contribution < 1.29 is 37.3 Å². The van der Waals surface area contributed by atoms with E-state index in [-0.39, 0.29) is 18.8 Å². The van der Waals surface area contributed by atoms with Crippen LogP contribution in [0.3, 0.4) is 0 Å². The molecule has 0 bridgehead atoms. The van der Waals surface area contributed by atoms with Crippen molar-refractivity contribution in [2.45, 2.75) is 19.3 Å². The van der Waals surface area contributed by atoms with Gasteiger partial charge >= 0.3 is 11.9 Å². The van der Waals surface area contributed by atoms with E-state index in [0.29, 0.717) is 47.8 Å². The van der Waals surface area contributed by atoms with Crippen LogP contribution in [0, 0.1) is 11.6 Å².